The maximum Gasteiger partial charge on any atom is 0.248 e. The van der Waals surface area contributed by atoms with Crippen LogP contribution in [0.4, 0.5) is 0 Å². The van der Waals surface area contributed by atoms with Crippen LogP contribution < -0.4 is 5.32 Å². The molecule has 1 aliphatic heterocycles. The van der Waals surface area contributed by atoms with Crippen LogP contribution in [0.3, 0.4) is 0 Å². The van der Waals surface area contributed by atoms with Crippen molar-refractivity contribution in [3.63, 3.8) is 0 Å². The highest BCUT2D eigenvalue weighted by molar-refractivity contribution is 7.18. The smallest absolute Gasteiger partial charge is 0.248 e. The molecule has 8 nitrogen and oxygen atoms in total. The van der Waals surface area contributed by atoms with Crippen molar-refractivity contribution in [1.82, 2.24) is 25.2 Å². The van der Waals surface area contributed by atoms with E-state index in [9.17, 15) is 14.7 Å². The van der Waals surface area contributed by atoms with E-state index in [-0.39, 0.29) is 24.8 Å². The van der Waals surface area contributed by atoms with Gasteiger partial charge >= 0.3 is 0 Å². The predicted octanol–water partition coefficient (Wildman–Crippen LogP) is 2.97. The second-order valence-electron chi connectivity index (χ2n) is 9.39. The number of nitrogens with one attached hydrogen (secondary N) is 1. The van der Waals surface area contributed by atoms with Gasteiger partial charge in [0.15, 0.2) is 0 Å². The Hall–Kier alpha value is -3.04. The first-order valence-corrected chi connectivity index (χ1v) is 11.8. The molecule has 1 aromatic carbocycles. The largest absolute Gasteiger partial charge is 0.391 e. The zero-order valence-electron chi connectivity index (χ0n) is 19.2. The van der Waals surface area contributed by atoms with E-state index in [0.717, 1.165) is 15.3 Å². The Kier molecular flexibility index (Phi) is 6.36. The van der Waals surface area contributed by atoms with E-state index in [2.05, 4.69) is 33.8 Å². The normalized spacial score (nSPS) is 19.5. The first-order valence-electron chi connectivity index (χ1n) is 11.0. The molecule has 33 heavy (non-hydrogen) atoms. The molecule has 2 unspecified atom stereocenters. The van der Waals surface area contributed by atoms with Crippen LogP contribution in [0.2, 0.25) is 0 Å². The lowest BCUT2D eigenvalue weighted by molar-refractivity contribution is -0.144. The van der Waals surface area contributed by atoms with Gasteiger partial charge in [0.25, 0.3) is 0 Å². The first-order chi connectivity index (χ1) is 15.7. The van der Waals surface area contributed by atoms with Gasteiger partial charge in [-0.2, -0.15) is 0 Å². The maximum absolute atomic E-state index is 13.7. The molecule has 0 saturated carbocycles. The molecule has 9 heteroatoms. The van der Waals surface area contributed by atoms with Crippen LogP contribution in [0, 0.1) is 5.41 Å². The summed E-state index contributed by atoms with van der Waals surface area (Å²) in [5, 5.41) is 21.4. The molecule has 1 fully saturated rings. The highest BCUT2D eigenvalue weighted by Gasteiger charge is 2.45. The van der Waals surface area contributed by atoms with Gasteiger partial charge in [0, 0.05) is 24.9 Å². The van der Waals surface area contributed by atoms with Crippen molar-refractivity contribution < 1.29 is 14.7 Å². The number of hydrogen-bond acceptors (Lipinski definition) is 6. The monoisotopic (exact) mass is 467 g/mol. The molecular formula is C24H29N5O3S. The third kappa shape index (κ3) is 4.69. The number of aromatic nitrogens is 3. The number of amides is 2. The van der Waals surface area contributed by atoms with Gasteiger partial charge in [-0.05, 0) is 23.1 Å². The molecular weight excluding hydrogens is 438 g/mol. The van der Waals surface area contributed by atoms with Crippen LogP contribution >= 0.6 is 11.3 Å². The van der Waals surface area contributed by atoms with Crippen molar-refractivity contribution in [2.24, 2.45) is 5.41 Å². The number of aliphatic hydroxyl groups excluding tert-OH is 1. The summed E-state index contributed by atoms with van der Waals surface area (Å²) >= 11 is 1.62. The van der Waals surface area contributed by atoms with Crippen molar-refractivity contribution in [3.8, 4) is 21.0 Å². The average Bonchev–Trinajstić information content (AvgIpc) is 3.52. The minimum absolute atomic E-state index is 0.121. The van der Waals surface area contributed by atoms with Crippen molar-refractivity contribution in [3.05, 3.63) is 48.7 Å². The van der Waals surface area contributed by atoms with Gasteiger partial charge in [-0.25, -0.2) is 4.68 Å². The van der Waals surface area contributed by atoms with Gasteiger partial charge in [0.2, 0.25) is 11.8 Å². The quantitative estimate of drug-likeness (QED) is 0.601. The minimum atomic E-state index is -0.731. The topological polar surface area (TPSA) is 100 Å². The number of likely N-dealkylation sites (tertiary alicyclic amines) is 1. The number of thiophene rings is 1. The summed E-state index contributed by atoms with van der Waals surface area (Å²) in [6.45, 7) is 5.99. The number of hydrogen-bond donors (Lipinski definition) is 2. The number of benzene rings is 1. The molecule has 174 valence electrons. The van der Waals surface area contributed by atoms with Crippen LogP contribution in [0.5, 0.6) is 0 Å². The maximum atomic E-state index is 13.7. The highest BCUT2D eigenvalue weighted by Crippen LogP contribution is 2.37. The Morgan fingerprint density at radius 2 is 1.85 bits per heavy atom. The van der Waals surface area contributed by atoms with E-state index in [1.807, 2.05) is 45.0 Å². The van der Waals surface area contributed by atoms with Crippen LogP contribution in [-0.4, -0.2) is 62.6 Å². The van der Waals surface area contributed by atoms with Crippen LogP contribution in [0.15, 0.2) is 48.7 Å². The van der Waals surface area contributed by atoms with Gasteiger partial charge in [0.1, 0.15) is 17.8 Å². The first kappa shape index (κ1) is 23.1. The standard InChI is InChI=1S/C24H29N5O3S/c1-24(2,3)21(23(32)28-13-16(30)12-18(28)22(31)25-4)29-14-17(26-27-29)20-11-10-19(33-20)15-8-6-5-7-9-15/h5-11,14,16,18,21,30H,12-13H2,1-4H3,(H,25,31)/t16?,18?,21-/m1/s1. The summed E-state index contributed by atoms with van der Waals surface area (Å²) in [6.07, 6.45) is 1.28. The van der Waals surface area contributed by atoms with Gasteiger partial charge in [-0.3, -0.25) is 9.59 Å². The molecule has 0 aliphatic carbocycles. The number of β-amino-alcohol motifs (C(OH)–C–C–N with tert-alkyl or cyclic N) is 1. The highest BCUT2D eigenvalue weighted by atomic mass is 32.1. The number of likely N-dealkylation sites (N-methyl/N-ethyl adjacent to an activating group) is 1. The molecule has 1 aliphatic rings. The Bertz CT molecular complexity index is 1130. The fraction of sp³-hybridized carbons (Fsp3) is 0.417. The molecule has 3 atom stereocenters. The summed E-state index contributed by atoms with van der Waals surface area (Å²) in [6, 6.07) is 12.8. The Morgan fingerprint density at radius 1 is 1.15 bits per heavy atom. The van der Waals surface area contributed by atoms with E-state index in [4.69, 9.17) is 0 Å². The average molecular weight is 468 g/mol. The van der Waals surface area contributed by atoms with Crippen molar-refractivity contribution in [2.75, 3.05) is 13.6 Å². The number of carbonyl (C=O) groups excluding carboxylic acids is 2. The fourth-order valence-corrected chi connectivity index (χ4v) is 5.22. The van der Waals surface area contributed by atoms with Gasteiger partial charge in [0.05, 0.1) is 17.2 Å². The lowest BCUT2D eigenvalue weighted by Crippen LogP contribution is -2.49. The molecule has 2 amide bonds. The Balaban J connectivity index is 1.63. The van der Waals surface area contributed by atoms with Crippen LogP contribution in [0.25, 0.3) is 21.0 Å². The minimum Gasteiger partial charge on any atom is -0.391 e. The number of rotatable bonds is 5. The van der Waals surface area contributed by atoms with E-state index in [0.29, 0.717) is 5.69 Å². The summed E-state index contributed by atoms with van der Waals surface area (Å²) in [4.78, 5) is 29.6. The lowest BCUT2D eigenvalue weighted by Gasteiger charge is -2.34. The summed E-state index contributed by atoms with van der Waals surface area (Å²) in [5.74, 6) is -0.529. The number of aliphatic hydroxyl groups is 1. The zero-order chi connectivity index (χ0) is 23.8. The van der Waals surface area contributed by atoms with Crippen LogP contribution in [0.1, 0.15) is 33.2 Å². The number of carbonyl (C=O) groups is 2. The summed E-state index contributed by atoms with van der Waals surface area (Å²) in [5.41, 5.74) is 1.33. The van der Waals surface area contributed by atoms with E-state index in [1.165, 1.54) is 11.9 Å². The molecule has 2 N–H and O–H groups in total. The molecule has 3 heterocycles. The van der Waals surface area contributed by atoms with Crippen molar-refractivity contribution in [1.29, 1.82) is 0 Å². The van der Waals surface area contributed by atoms with E-state index in [1.54, 1.807) is 22.2 Å². The van der Waals surface area contributed by atoms with E-state index >= 15 is 0 Å². The Morgan fingerprint density at radius 3 is 2.52 bits per heavy atom. The molecule has 4 rings (SSSR count). The van der Waals surface area contributed by atoms with Crippen molar-refractivity contribution >= 4 is 23.2 Å². The van der Waals surface area contributed by atoms with Gasteiger partial charge in [-0.15, -0.1) is 16.4 Å². The summed E-state index contributed by atoms with van der Waals surface area (Å²) in [7, 11) is 1.53. The zero-order valence-corrected chi connectivity index (χ0v) is 20.0. The van der Waals surface area contributed by atoms with Gasteiger partial charge < -0.3 is 15.3 Å². The third-order valence-electron chi connectivity index (χ3n) is 5.86. The molecule has 0 spiro atoms. The third-order valence-corrected chi connectivity index (χ3v) is 7.01. The second-order valence-corrected chi connectivity index (χ2v) is 10.5. The van der Waals surface area contributed by atoms with Crippen molar-refractivity contribution in [2.45, 2.75) is 45.4 Å². The Labute approximate surface area is 197 Å². The SMILES string of the molecule is CNC(=O)C1CC(O)CN1C(=O)[C@@H](n1cc(-c2ccc(-c3ccccc3)s2)nn1)C(C)(C)C. The lowest BCUT2D eigenvalue weighted by atomic mass is 9.85. The summed E-state index contributed by atoms with van der Waals surface area (Å²) < 4.78 is 1.59. The molecule has 0 radical (unpaired) electrons. The second kappa shape index (κ2) is 9.07. The van der Waals surface area contributed by atoms with Gasteiger partial charge in [-0.1, -0.05) is 56.3 Å². The molecule has 1 saturated heterocycles. The fourth-order valence-electron chi connectivity index (χ4n) is 4.26. The predicted molar refractivity (Wildman–Crippen MR) is 127 cm³/mol. The van der Waals surface area contributed by atoms with E-state index < -0.39 is 23.6 Å². The molecule has 0 bridgehead atoms. The molecule has 3 aromatic rings. The van der Waals surface area contributed by atoms with Crippen LogP contribution in [-0.2, 0) is 9.59 Å². The molecule has 2 aromatic heterocycles. The number of nitrogens with zero attached hydrogens (tertiary/aromatic N) is 4.